The third-order valence-corrected chi connectivity index (χ3v) is 1.31. The van der Waals surface area contributed by atoms with Crippen LogP contribution in [0.1, 0.15) is 16.2 Å². The number of rotatable bonds is 1. The number of nitrogens with zero attached hydrogens (tertiary/aromatic N) is 2. The van der Waals surface area contributed by atoms with Crippen molar-refractivity contribution >= 4 is 5.97 Å². The van der Waals surface area contributed by atoms with Crippen LogP contribution in [-0.2, 0) is 7.05 Å². The Kier molecular flexibility index (Phi) is 4.49. The average molecular weight is 178 g/mol. The molecular formula is C6H7KN2O2. The van der Waals surface area contributed by atoms with Gasteiger partial charge in [-0.2, -0.15) is 0 Å². The van der Waals surface area contributed by atoms with Crippen molar-refractivity contribution in [2.75, 3.05) is 0 Å². The molecule has 0 radical (unpaired) electrons. The van der Waals surface area contributed by atoms with E-state index in [2.05, 4.69) is 4.98 Å². The minimum Gasteiger partial charge on any atom is -0.543 e. The van der Waals surface area contributed by atoms with E-state index in [9.17, 15) is 9.90 Å². The van der Waals surface area contributed by atoms with E-state index in [0.717, 1.165) is 0 Å². The zero-order valence-electron chi connectivity index (χ0n) is 6.79. The van der Waals surface area contributed by atoms with Crippen LogP contribution in [-0.4, -0.2) is 15.5 Å². The maximum absolute atomic E-state index is 10.3. The second-order valence-corrected chi connectivity index (χ2v) is 2.08. The maximum Gasteiger partial charge on any atom is 1.00 e. The molecule has 1 heterocycles. The minimum atomic E-state index is -1.18. The fourth-order valence-corrected chi connectivity index (χ4v) is 0.839. The van der Waals surface area contributed by atoms with Gasteiger partial charge in [-0.1, -0.05) is 0 Å². The molecule has 5 heteroatoms. The summed E-state index contributed by atoms with van der Waals surface area (Å²) < 4.78 is 1.42. The van der Waals surface area contributed by atoms with Gasteiger partial charge >= 0.3 is 51.4 Å². The van der Waals surface area contributed by atoms with E-state index in [1.807, 2.05) is 0 Å². The number of aromatic nitrogens is 2. The first kappa shape index (κ1) is 11.3. The van der Waals surface area contributed by atoms with E-state index in [0.29, 0.717) is 5.69 Å². The molecule has 0 fully saturated rings. The first-order valence-corrected chi connectivity index (χ1v) is 2.82. The summed E-state index contributed by atoms with van der Waals surface area (Å²) >= 11 is 0. The molecule has 0 N–H and O–H groups in total. The van der Waals surface area contributed by atoms with Gasteiger partial charge in [-0.3, -0.25) is 0 Å². The molecule has 1 rings (SSSR count). The smallest absolute Gasteiger partial charge is 0.543 e. The van der Waals surface area contributed by atoms with Crippen LogP contribution in [0.3, 0.4) is 0 Å². The van der Waals surface area contributed by atoms with E-state index < -0.39 is 5.97 Å². The van der Waals surface area contributed by atoms with Crippen LogP contribution in [0.4, 0.5) is 0 Å². The molecule has 11 heavy (non-hydrogen) atoms. The van der Waals surface area contributed by atoms with Crippen molar-refractivity contribution in [2.24, 2.45) is 7.05 Å². The topological polar surface area (TPSA) is 58.0 Å². The summed E-state index contributed by atoms with van der Waals surface area (Å²) in [6.45, 7) is 1.63. The fraction of sp³-hybridized carbons (Fsp3) is 0.333. The number of imidazole rings is 1. The summed E-state index contributed by atoms with van der Waals surface area (Å²) in [6.07, 6.45) is 1.44. The Balaban J connectivity index is 0.000001000. The summed E-state index contributed by atoms with van der Waals surface area (Å²) in [6, 6.07) is 0. The largest absolute Gasteiger partial charge is 1.00 e. The number of carboxylic acid groups (broad SMARTS) is 1. The van der Waals surface area contributed by atoms with Crippen LogP contribution in [0.25, 0.3) is 0 Å². The van der Waals surface area contributed by atoms with Crippen molar-refractivity contribution < 1.29 is 61.3 Å². The van der Waals surface area contributed by atoms with Crippen LogP contribution >= 0.6 is 0 Å². The van der Waals surface area contributed by atoms with Crippen molar-refractivity contribution in [2.45, 2.75) is 6.92 Å². The van der Waals surface area contributed by atoms with Crippen LogP contribution in [0.15, 0.2) is 6.33 Å². The van der Waals surface area contributed by atoms with Gasteiger partial charge < -0.3 is 14.5 Å². The van der Waals surface area contributed by atoms with E-state index in [4.69, 9.17) is 0 Å². The summed E-state index contributed by atoms with van der Waals surface area (Å²) in [4.78, 5) is 14.1. The van der Waals surface area contributed by atoms with Gasteiger partial charge in [0, 0.05) is 7.05 Å². The molecule has 1 aromatic rings. The number of carbonyl (C=O) groups excluding carboxylic acids is 1. The average Bonchev–Trinajstić information content (AvgIpc) is 2.11. The zero-order chi connectivity index (χ0) is 7.72. The maximum atomic E-state index is 10.3. The Morgan fingerprint density at radius 2 is 2.27 bits per heavy atom. The number of carbonyl (C=O) groups is 1. The van der Waals surface area contributed by atoms with Gasteiger partial charge in [-0.15, -0.1) is 0 Å². The van der Waals surface area contributed by atoms with E-state index in [-0.39, 0.29) is 57.1 Å². The minimum absolute atomic E-state index is 0. The molecule has 0 unspecified atom stereocenters. The first-order chi connectivity index (χ1) is 4.63. The molecule has 54 valence electrons. The molecule has 4 nitrogen and oxygen atoms in total. The van der Waals surface area contributed by atoms with Gasteiger partial charge in [0.05, 0.1) is 23.7 Å². The first-order valence-electron chi connectivity index (χ1n) is 2.82. The molecule has 0 spiro atoms. The van der Waals surface area contributed by atoms with Crippen LogP contribution in [0.2, 0.25) is 0 Å². The number of carboxylic acids is 1. The second-order valence-electron chi connectivity index (χ2n) is 2.08. The van der Waals surface area contributed by atoms with Crippen molar-refractivity contribution in [1.29, 1.82) is 0 Å². The van der Waals surface area contributed by atoms with Crippen LogP contribution in [0, 0.1) is 6.92 Å². The Bertz CT molecular complexity index is 250. The molecule has 0 saturated carbocycles. The monoisotopic (exact) mass is 178 g/mol. The van der Waals surface area contributed by atoms with Crippen molar-refractivity contribution in [3.8, 4) is 0 Å². The quantitative estimate of drug-likeness (QED) is 0.413. The van der Waals surface area contributed by atoms with Crippen molar-refractivity contribution in [3.05, 3.63) is 17.7 Å². The third-order valence-electron chi connectivity index (χ3n) is 1.31. The summed E-state index contributed by atoms with van der Waals surface area (Å²) in [5, 5.41) is 10.3. The summed E-state index contributed by atoms with van der Waals surface area (Å²) in [5.41, 5.74) is 0.627. The molecule has 0 bridgehead atoms. The van der Waals surface area contributed by atoms with Crippen LogP contribution < -0.4 is 56.5 Å². The van der Waals surface area contributed by atoms with Gasteiger partial charge in [0.15, 0.2) is 0 Å². The van der Waals surface area contributed by atoms with Gasteiger partial charge in [0.1, 0.15) is 0 Å². The van der Waals surface area contributed by atoms with E-state index >= 15 is 0 Å². The predicted octanol–water partition coefficient (Wildman–Crippen LogP) is -3.90. The Labute approximate surface area is 107 Å². The molecule has 0 aromatic carbocycles. The molecular weight excluding hydrogens is 171 g/mol. The van der Waals surface area contributed by atoms with Crippen molar-refractivity contribution in [1.82, 2.24) is 9.55 Å². The molecule has 0 aliphatic rings. The van der Waals surface area contributed by atoms with Gasteiger partial charge in [-0.25, -0.2) is 4.98 Å². The van der Waals surface area contributed by atoms with E-state index in [1.165, 1.54) is 10.9 Å². The molecule has 1 aromatic heterocycles. The SMILES string of the molecule is Cc1ncn(C)c1C(=O)[O-].[K+]. The molecule has 0 aliphatic heterocycles. The molecule has 0 amide bonds. The van der Waals surface area contributed by atoms with Gasteiger partial charge in [-0.05, 0) is 6.92 Å². The molecule has 0 atom stereocenters. The Morgan fingerprint density at radius 1 is 1.73 bits per heavy atom. The molecule has 0 aliphatic carbocycles. The number of hydrogen-bond acceptors (Lipinski definition) is 3. The van der Waals surface area contributed by atoms with E-state index in [1.54, 1.807) is 14.0 Å². The standard InChI is InChI=1S/C6H8N2O2.K/c1-4-5(6(9)10)8(2)3-7-4;/h3H,1-2H3,(H,9,10);/q;+1/p-1. The normalized spacial score (nSPS) is 8.91. The third kappa shape index (κ3) is 2.38. The number of aryl methyl sites for hydroxylation is 2. The summed E-state index contributed by atoms with van der Waals surface area (Å²) in [7, 11) is 1.62. The molecule has 0 saturated heterocycles. The van der Waals surface area contributed by atoms with Crippen LogP contribution in [0.5, 0.6) is 0 Å². The number of hydrogen-bond donors (Lipinski definition) is 0. The Hall–Kier alpha value is 0.316. The second kappa shape index (κ2) is 4.37. The van der Waals surface area contributed by atoms with Gasteiger partial charge in [0.2, 0.25) is 0 Å². The van der Waals surface area contributed by atoms with Crippen molar-refractivity contribution in [3.63, 3.8) is 0 Å². The fourth-order valence-electron chi connectivity index (χ4n) is 0.839. The Morgan fingerprint density at radius 3 is 2.45 bits per heavy atom. The predicted molar refractivity (Wildman–Crippen MR) is 32.3 cm³/mol. The zero-order valence-corrected chi connectivity index (χ0v) is 9.91. The summed E-state index contributed by atoms with van der Waals surface area (Å²) in [5.74, 6) is -1.18. The van der Waals surface area contributed by atoms with Gasteiger partial charge in [0.25, 0.3) is 0 Å². The number of aromatic carboxylic acids is 1.